The molecule has 8 heteroatoms. The van der Waals surface area contributed by atoms with Gasteiger partial charge in [-0.3, -0.25) is 4.79 Å². The fourth-order valence-corrected chi connectivity index (χ4v) is 3.48. The van der Waals surface area contributed by atoms with Crippen molar-refractivity contribution in [1.82, 2.24) is 24.9 Å². The molecule has 0 spiro atoms. The van der Waals surface area contributed by atoms with Gasteiger partial charge in [0.1, 0.15) is 11.9 Å². The number of rotatable bonds is 7. The average molecular weight is 422 g/mol. The van der Waals surface area contributed by atoms with Gasteiger partial charge in [-0.05, 0) is 35.7 Å². The van der Waals surface area contributed by atoms with E-state index >= 15 is 0 Å². The van der Waals surface area contributed by atoms with Crippen LogP contribution in [-0.2, 0) is 4.79 Å². The summed E-state index contributed by atoms with van der Waals surface area (Å²) in [6.45, 7) is 5.62. The first kappa shape index (κ1) is 20.8. The lowest BCUT2D eigenvalue weighted by Crippen LogP contribution is -2.43. The number of piperidine rings is 1. The van der Waals surface area contributed by atoms with Gasteiger partial charge in [-0.1, -0.05) is 26.0 Å². The Morgan fingerprint density at radius 2 is 1.87 bits per heavy atom. The second kappa shape index (κ2) is 9.59. The molecule has 1 aliphatic rings. The normalized spacial score (nSPS) is 14.6. The lowest BCUT2D eigenvalue weighted by Gasteiger charge is -2.31. The highest BCUT2D eigenvalue weighted by Crippen LogP contribution is 2.20. The van der Waals surface area contributed by atoms with Crippen LogP contribution >= 0.6 is 0 Å². The fraction of sp³-hybridized carbons (Fsp3) is 0.391. The Balaban J connectivity index is 1.21. The molecule has 31 heavy (non-hydrogen) atoms. The standard InChI is InChI=1S/C23H27N5O3/c1-17(2)18-4-6-19(7-5-18)30-16-23(29)27-14-10-20(11-15-27)31-22-9-8-21(25-26-22)28-13-3-12-24-28/h3-9,12-13,17,20H,10-11,14-16H2,1-2H3. The summed E-state index contributed by atoms with van der Waals surface area (Å²) in [4.78, 5) is 14.3. The molecule has 1 amide bonds. The van der Waals surface area contributed by atoms with Crippen LogP contribution in [0.3, 0.4) is 0 Å². The first-order chi connectivity index (χ1) is 15.1. The monoisotopic (exact) mass is 421 g/mol. The molecule has 2 aromatic heterocycles. The summed E-state index contributed by atoms with van der Waals surface area (Å²) in [6, 6.07) is 13.4. The Morgan fingerprint density at radius 3 is 2.48 bits per heavy atom. The van der Waals surface area contributed by atoms with E-state index in [0.29, 0.717) is 36.5 Å². The second-order valence-electron chi connectivity index (χ2n) is 7.89. The highest BCUT2D eigenvalue weighted by molar-refractivity contribution is 5.77. The molecule has 0 saturated carbocycles. The summed E-state index contributed by atoms with van der Waals surface area (Å²) >= 11 is 0. The zero-order valence-corrected chi connectivity index (χ0v) is 17.8. The molecule has 162 valence electrons. The molecule has 0 N–H and O–H groups in total. The highest BCUT2D eigenvalue weighted by Gasteiger charge is 2.24. The minimum absolute atomic E-state index is 0.00486. The van der Waals surface area contributed by atoms with Crippen molar-refractivity contribution in [2.75, 3.05) is 19.7 Å². The van der Waals surface area contributed by atoms with Gasteiger partial charge in [0.15, 0.2) is 12.4 Å². The lowest BCUT2D eigenvalue weighted by molar-refractivity contribution is -0.135. The van der Waals surface area contributed by atoms with Crippen molar-refractivity contribution in [3.8, 4) is 17.4 Å². The van der Waals surface area contributed by atoms with Crippen LogP contribution < -0.4 is 9.47 Å². The molecule has 0 atom stereocenters. The van der Waals surface area contributed by atoms with Gasteiger partial charge in [-0.15, -0.1) is 10.2 Å². The molecule has 0 bridgehead atoms. The Morgan fingerprint density at radius 1 is 1.10 bits per heavy atom. The minimum atomic E-state index is -0.00486. The molecule has 0 aliphatic carbocycles. The van der Waals surface area contributed by atoms with Crippen molar-refractivity contribution in [3.05, 3.63) is 60.4 Å². The Hall–Kier alpha value is -3.42. The average Bonchev–Trinajstić information content (AvgIpc) is 3.34. The van der Waals surface area contributed by atoms with Gasteiger partial charge >= 0.3 is 0 Å². The third kappa shape index (κ3) is 5.39. The number of aromatic nitrogens is 4. The number of ether oxygens (including phenoxy) is 2. The van der Waals surface area contributed by atoms with Gasteiger partial charge in [0.2, 0.25) is 5.88 Å². The zero-order valence-electron chi connectivity index (χ0n) is 17.8. The second-order valence-corrected chi connectivity index (χ2v) is 7.89. The van der Waals surface area contributed by atoms with Crippen LogP contribution in [0.25, 0.3) is 5.82 Å². The van der Waals surface area contributed by atoms with Gasteiger partial charge in [-0.2, -0.15) is 5.10 Å². The van der Waals surface area contributed by atoms with Gasteiger partial charge in [0.25, 0.3) is 5.91 Å². The first-order valence-electron chi connectivity index (χ1n) is 10.6. The predicted octanol–water partition coefficient (Wildman–Crippen LogP) is 3.23. The molecule has 0 unspecified atom stereocenters. The summed E-state index contributed by atoms with van der Waals surface area (Å²) in [5.74, 6) is 2.30. The number of hydrogen-bond donors (Lipinski definition) is 0. The van der Waals surface area contributed by atoms with Crippen molar-refractivity contribution in [2.45, 2.75) is 38.7 Å². The van der Waals surface area contributed by atoms with Gasteiger partial charge in [-0.25, -0.2) is 4.68 Å². The third-order valence-electron chi connectivity index (χ3n) is 5.36. The van der Waals surface area contributed by atoms with E-state index in [9.17, 15) is 4.79 Å². The molecule has 8 nitrogen and oxygen atoms in total. The maximum Gasteiger partial charge on any atom is 0.260 e. The largest absolute Gasteiger partial charge is 0.484 e. The van der Waals surface area contributed by atoms with Crippen LogP contribution in [0.1, 0.15) is 38.2 Å². The lowest BCUT2D eigenvalue weighted by atomic mass is 10.0. The van der Waals surface area contributed by atoms with Crippen LogP contribution in [0.15, 0.2) is 54.9 Å². The number of nitrogens with zero attached hydrogens (tertiary/aromatic N) is 5. The van der Waals surface area contributed by atoms with Crippen molar-refractivity contribution in [3.63, 3.8) is 0 Å². The number of carbonyl (C=O) groups excluding carboxylic acids is 1. The smallest absolute Gasteiger partial charge is 0.260 e. The number of carbonyl (C=O) groups is 1. The van der Waals surface area contributed by atoms with E-state index in [1.165, 1.54) is 5.56 Å². The molecule has 0 radical (unpaired) electrons. The molecular weight excluding hydrogens is 394 g/mol. The zero-order chi connectivity index (χ0) is 21.6. The van der Waals surface area contributed by atoms with E-state index in [-0.39, 0.29) is 18.6 Å². The van der Waals surface area contributed by atoms with Crippen LogP contribution in [0.2, 0.25) is 0 Å². The summed E-state index contributed by atoms with van der Waals surface area (Å²) in [6.07, 6.45) is 5.00. The summed E-state index contributed by atoms with van der Waals surface area (Å²) in [7, 11) is 0. The molecule has 3 aromatic rings. The van der Waals surface area contributed by atoms with E-state index in [0.717, 1.165) is 12.8 Å². The molecule has 1 aliphatic heterocycles. The highest BCUT2D eigenvalue weighted by atomic mass is 16.5. The van der Waals surface area contributed by atoms with Crippen LogP contribution in [0.5, 0.6) is 11.6 Å². The maximum atomic E-state index is 12.5. The van der Waals surface area contributed by atoms with Gasteiger partial charge < -0.3 is 14.4 Å². The maximum absolute atomic E-state index is 12.5. The van der Waals surface area contributed by atoms with Crippen molar-refractivity contribution in [2.24, 2.45) is 0 Å². The van der Waals surface area contributed by atoms with E-state index in [1.807, 2.05) is 47.5 Å². The van der Waals surface area contributed by atoms with E-state index in [2.05, 4.69) is 29.1 Å². The van der Waals surface area contributed by atoms with Crippen molar-refractivity contribution < 1.29 is 14.3 Å². The van der Waals surface area contributed by atoms with Crippen molar-refractivity contribution in [1.29, 1.82) is 0 Å². The fourth-order valence-electron chi connectivity index (χ4n) is 3.48. The van der Waals surface area contributed by atoms with E-state index in [4.69, 9.17) is 9.47 Å². The van der Waals surface area contributed by atoms with Crippen molar-refractivity contribution >= 4 is 5.91 Å². The van der Waals surface area contributed by atoms with Gasteiger partial charge in [0, 0.05) is 44.4 Å². The quantitative estimate of drug-likeness (QED) is 0.583. The third-order valence-corrected chi connectivity index (χ3v) is 5.36. The van der Waals surface area contributed by atoms with Crippen LogP contribution in [0, 0.1) is 0 Å². The summed E-state index contributed by atoms with van der Waals surface area (Å²) in [5, 5.41) is 12.4. The summed E-state index contributed by atoms with van der Waals surface area (Å²) in [5.41, 5.74) is 1.25. The first-order valence-corrected chi connectivity index (χ1v) is 10.6. The number of amides is 1. The SMILES string of the molecule is CC(C)c1ccc(OCC(=O)N2CCC(Oc3ccc(-n4cccn4)nn3)CC2)cc1. The van der Waals surface area contributed by atoms with E-state index in [1.54, 1.807) is 16.9 Å². The minimum Gasteiger partial charge on any atom is -0.484 e. The van der Waals surface area contributed by atoms with Crippen LogP contribution in [0.4, 0.5) is 0 Å². The molecule has 1 fully saturated rings. The Kier molecular flexibility index (Phi) is 6.45. The summed E-state index contributed by atoms with van der Waals surface area (Å²) < 4.78 is 13.3. The molecule has 4 rings (SSSR count). The molecule has 3 heterocycles. The topological polar surface area (TPSA) is 82.4 Å². The Bertz CT molecular complexity index is 963. The number of hydrogen-bond acceptors (Lipinski definition) is 6. The predicted molar refractivity (Wildman–Crippen MR) is 115 cm³/mol. The van der Waals surface area contributed by atoms with Gasteiger partial charge in [0.05, 0.1) is 0 Å². The molecule has 1 aromatic carbocycles. The number of benzene rings is 1. The van der Waals surface area contributed by atoms with E-state index < -0.39 is 0 Å². The Labute approximate surface area is 181 Å². The molecular formula is C23H27N5O3. The van der Waals surface area contributed by atoms with Crippen LogP contribution in [-0.4, -0.2) is 56.6 Å². The number of likely N-dealkylation sites (tertiary alicyclic amines) is 1. The molecule has 1 saturated heterocycles.